The molecule has 0 atom stereocenters. The van der Waals surface area contributed by atoms with Crippen LogP contribution < -0.4 is 16.9 Å². The van der Waals surface area contributed by atoms with E-state index in [1.807, 2.05) is 6.92 Å². The van der Waals surface area contributed by atoms with Crippen molar-refractivity contribution < 1.29 is 9.90 Å². The fourth-order valence-corrected chi connectivity index (χ4v) is 0.485. The lowest BCUT2D eigenvalue weighted by Crippen LogP contribution is -2.51. The fourth-order valence-electron chi connectivity index (χ4n) is 0.485. The van der Waals surface area contributed by atoms with E-state index in [-0.39, 0.29) is 6.54 Å². The van der Waals surface area contributed by atoms with E-state index in [1.165, 1.54) is 5.01 Å². The maximum atomic E-state index is 10.1. The Bertz CT molecular complexity index is 107. The summed E-state index contributed by atoms with van der Waals surface area (Å²) in [4.78, 5) is 10.1. The molecule has 60 valence electrons. The van der Waals surface area contributed by atoms with E-state index in [9.17, 15) is 4.79 Å². The molecule has 0 saturated heterocycles. The second kappa shape index (κ2) is 5.12. The number of nitrogens with one attached hydrogen (secondary N) is 2. The quantitative estimate of drug-likeness (QED) is 0.274. The van der Waals surface area contributed by atoms with Crippen LogP contribution in [0.2, 0.25) is 0 Å². The third-order valence-corrected chi connectivity index (χ3v) is 0.931. The van der Waals surface area contributed by atoms with E-state index >= 15 is 0 Å². The lowest BCUT2D eigenvalue weighted by molar-refractivity contribution is -0.139. The first-order chi connectivity index (χ1) is 4.70. The van der Waals surface area contributed by atoms with Crippen molar-refractivity contribution in [1.29, 1.82) is 0 Å². The summed E-state index contributed by atoms with van der Waals surface area (Å²) in [6.45, 7) is 2.30. The molecule has 0 aromatic heterocycles. The molecule has 0 saturated carbocycles. The van der Waals surface area contributed by atoms with Gasteiger partial charge in [-0.25, -0.2) is 5.01 Å². The number of carboxylic acids is 1. The van der Waals surface area contributed by atoms with E-state index in [2.05, 4.69) is 11.1 Å². The van der Waals surface area contributed by atoms with Crippen LogP contribution in [0.5, 0.6) is 0 Å². The Balaban J connectivity index is 3.49. The molecule has 0 amide bonds. The number of likely N-dealkylation sites (N-methyl/N-ethyl adjacent to an activating group) is 1. The average Bonchev–Trinajstić information content (AvgIpc) is 1.86. The third kappa shape index (κ3) is 4.21. The zero-order valence-corrected chi connectivity index (χ0v) is 5.79. The minimum atomic E-state index is -0.899. The van der Waals surface area contributed by atoms with Crippen LogP contribution in [0, 0.1) is 0 Å². The molecule has 6 heteroatoms. The molecular weight excluding hydrogens is 136 g/mol. The first-order valence-corrected chi connectivity index (χ1v) is 2.88. The summed E-state index contributed by atoms with van der Waals surface area (Å²) in [5, 5.41) is 9.71. The summed E-state index contributed by atoms with van der Waals surface area (Å²) in [6.07, 6.45) is 0. The SMILES string of the molecule is CCN(CC(=O)O)NNN. The monoisotopic (exact) mass is 148 g/mol. The smallest absolute Gasteiger partial charge is 0.319 e. The van der Waals surface area contributed by atoms with Crippen molar-refractivity contribution in [2.45, 2.75) is 6.92 Å². The molecule has 0 bridgehead atoms. The highest BCUT2D eigenvalue weighted by molar-refractivity contribution is 5.68. The van der Waals surface area contributed by atoms with E-state index < -0.39 is 5.97 Å². The number of hydrazine groups is 3. The van der Waals surface area contributed by atoms with Crippen LogP contribution in [0.1, 0.15) is 6.92 Å². The van der Waals surface area contributed by atoms with E-state index in [0.29, 0.717) is 6.54 Å². The molecule has 5 N–H and O–H groups in total. The first kappa shape index (κ1) is 9.31. The van der Waals surface area contributed by atoms with Gasteiger partial charge in [0.05, 0.1) is 0 Å². The molecule has 0 aliphatic rings. The highest BCUT2D eigenvalue weighted by Gasteiger charge is 2.04. The van der Waals surface area contributed by atoms with Crippen molar-refractivity contribution >= 4 is 5.97 Å². The van der Waals surface area contributed by atoms with Gasteiger partial charge in [-0.2, -0.15) is 11.1 Å². The second-order valence-corrected chi connectivity index (χ2v) is 1.66. The summed E-state index contributed by atoms with van der Waals surface area (Å²) in [5.41, 5.74) is 4.58. The van der Waals surface area contributed by atoms with Crippen molar-refractivity contribution in [2.24, 2.45) is 5.84 Å². The molecule has 6 nitrogen and oxygen atoms in total. The predicted octanol–water partition coefficient (Wildman–Crippen LogP) is -1.72. The number of aliphatic carboxylic acids is 1. The Labute approximate surface area is 58.9 Å². The van der Waals surface area contributed by atoms with Gasteiger partial charge in [-0.3, -0.25) is 10.6 Å². The van der Waals surface area contributed by atoms with Crippen molar-refractivity contribution in [1.82, 2.24) is 16.1 Å². The van der Waals surface area contributed by atoms with Crippen LogP contribution in [0.25, 0.3) is 0 Å². The zero-order chi connectivity index (χ0) is 7.98. The van der Waals surface area contributed by atoms with Gasteiger partial charge in [0.2, 0.25) is 0 Å². The molecule has 0 aromatic carbocycles. The van der Waals surface area contributed by atoms with Gasteiger partial charge < -0.3 is 5.11 Å². The van der Waals surface area contributed by atoms with Crippen molar-refractivity contribution in [3.05, 3.63) is 0 Å². The molecule has 0 aliphatic carbocycles. The van der Waals surface area contributed by atoms with Gasteiger partial charge in [-0.15, -0.1) is 0 Å². The minimum absolute atomic E-state index is 0.0826. The van der Waals surface area contributed by atoms with E-state index in [1.54, 1.807) is 0 Å². The van der Waals surface area contributed by atoms with Crippen molar-refractivity contribution in [3.8, 4) is 0 Å². The van der Waals surface area contributed by atoms with Crippen LogP contribution >= 0.6 is 0 Å². The summed E-state index contributed by atoms with van der Waals surface area (Å²) in [6, 6.07) is 0. The summed E-state index contributed by atoms with van der Waals surface area (Å²) in [5.74, 6) is 3.99. The molecule has 0 fully saturated rings. The highest BCUT2D eigenvalue weighted by atomic mass is 16.4. The molecule has 0 unspecified atom stereocenters. The van der Waals surface area contributed by atoms with Crippen LogP contribution in [0.15, 0.2) is 0 Å². The third-order valence-electron chi connectivity index (χ3n) is 0.931. The van der Waals surface area contributed by atoms with E-state index in [4.69, 9.17) is 10.9 Å². The molecule has 0 heterocycles. The number of rotatable bonds is 5. The Kier molecular flexibility index (Phi) is 4.77. The molecule has 0 aromatic rings. The molecule has 10 heavy (non-hydrogen) atoms. The van der Waals surface area contributed by atoms with Gasteiger partial charge in [-0.1, -0.05) is 6.92 Å². The standard InChI is InChI=1S/C4H12N4O2/c1-2-8(7-6-5)3-4(9)10/h6-7H,2-3,5H2,1H3,(H,9,10). The Hall–Kier alpha value is -0.690. The summed E-state index contributed by atoms with van der Waals surface area (Å²) in [7, 11) is 0. The maximum Gasteiger partial charge on any atom is 0.319 e. The fraction of sp³-hybridized carbons (Fsp3) is 0.750. The van der Waals surface area contributed by atoms with Crippen LogP contribution in [0.3, 0.4) is 0 Å². The highest BCUT2D eigenvalue weighted by Crippen LogP contribution is 1.77. The Morgan fingerprint density at radius 2 is 2.40 bits per heavy atom. The molecule has 0 spiro atoms. The Morgan fingerprint density at radius 3 is 2.70 bits per heavy atom. The minimum Gasteiger partial charge on any atom is -0.480 e. The molecule has 0 rings (SSSR count). The van der Waals surface area contributed by atoms with Crippen LogP contribution in [-0.4, -0.2) is 29.2 Å². The maximum absolute atomic E-state index is 10.1. The van der Waals surface area contributed by atoms with Crippen molar-refractivity contribution in [2.75, 3.05) is 13.1 Å². The van der Waals surface area contributed by atoms with Gasteiger partial charge in [0.25, 0.3) is 0 Å². The number of hydrogen-bond donors (Lipinski definition) is 4. The predicted molar refractivity (Wildman–Crippen MR) is 35.3 cm³/mol. The van der Waals surface area contributed by atoms with Gasteiger partial charge in [0.1, 0.15) is 6.54 Å². The van der Waals surface area contributed by atoms with Crippen LogP contribution in [0.4, 0.5) is 0 Å². The lowest BCUT2D eigenvalue weighted by Gasteiger charge is -2.17. The second-order valence-electron chi connectivity index (χ2n) is 1.66. The lowest BCUT2D eigenvalue weighted by atomic mass is 10.6. The number of nitrogens with zero attached hydrogens (tertiary/aromatic N) is 1. The Morgan fingerprint density at radius 1 is 1.80 bits per heavy atom. The average molecular weight is 148 g/mol. The largest absolute Gasteiger partial charge is 0.480 e. The molecule has 0 radical (unpaired) electrons. The number of carbonyl (C=O) groups is 1. The summed E-state index contributed by atoms with van der Waals surface area (Å²) >= 11 is 0. The number of nitrogens with two attached hydrogens (primary N) is 1. The molecular formula is C4H12N4O2. The summed E-state index contributed by atoms with van der Waals surface area (Å²) < 4.78 is 0. The van der Waals surface area contributed by atoms with Gasteiger partial charge >= 0.3 is 5.97 Å². The van der Waals surface area contributed by atoms with Crippen LogP contribution in [-0.2, 0) is 4.79 Å². The van der Waals surface area contributed by atoms with Crippen molar-refractivity contribution in [3.63, 3.8) is 0 Å². The number of carboxylic acid groups (broad SMARTS) is 1. The molecule has 0 aliphatic heterocycles. The number of hydrogen-bond acceptors (Lipinski definition) is 5. The van der Waals surface area contributed by atoms with Gasteiger partial charge in [-0.05, 0) is 0 Å². The first-order valence-electron chi connectivity index (χ1n) is 2.88. The topological polar surface area (TPSA) is 90.6 Å². The zero-order valence-electron chi connectivity index (χ0n) is 5.79. The normalized spacial score (nSPS) is 10.3. The van der Waals surface area contributed by atoms with E-state index in [0.717, 1.165) is 0 Å². The van der Waals surface area contributed by atoms with Gasteiger partial charge in [0.15, 0.2) is 0 Å². The van der Waals surface area contributed by atoms with Gasteiger partial charge in [0, 0.05) is 6.54 Å².